The minimum Gasteiger partial charge on any atom is -0.370 e. The second-order valence-electron chi connectivity index (χ2n) is 9.98. The van der Waals surface area contributed by atoms with Gasteiger partial charge >= 0.3 is 0 Å². The Hall–Kier alpha value is -3.29. The molecule has 0 spiro atoms. The van der Waals surface area contributed by atoms with E-state index in [1.807, 2.05) is 37.5 Å². The van der Waals surface area contributed by atoms with Gasteiger partial charge in [-0.05, 0) is 62.7 Å². The summed E-state index contributed by atoms with van der Waals surface area (Å²) in [5, 5.41) is 8.64. The Labute approximate surface area is 206 Å². The van der Waals surface area contributed by atoms with Crippen molar-refractivity contribution in [1.82, 2.24) is 30.0 Å². The standard InChI is InChI=1S/C28H33N7/c1-20-4-3-5-27(31-20)28-25(19-30-32-28)21-6-7-26-22(16-21)17-24(18-29-26)34-10-8-23(9-11-34)35-14-12-33(2)13-15-35/h3-7,16-19,23H,8-15H2,1-2H3,(H,30,32). The summed E-state index contributed by atoms with van der Waals surface area (Å²) in [4.78, 5) is 17.1. The molecule has 180 valence electrons. The Balaban J connectivity index is 1.22. The molecule has 7 heteroatoms. The van der Waals surface area contributed by atoms with Crippen molar-refractivity contribution in [1.29, 1.82) is 0 Å². The molecular formula is C28H33N7. The largest absolute Gasteiger partial charge is 0.370 e. The number of aromatic nitrogens is 4. The van der Waals surface area contributed by atoms with Gasteiger partial charge in [-0.3, -0.25) is 20.0 Å². The third-order valence-electron chi connectivity index (χ3n) is 7.65. The molecule has 2 aliphatic rings. The van der Waals surface area contributed by atoms with E-state index in [1.165, 1.54) is 44.7 Å². The number of anilines is 1. The third-order valence-corrected chi connectivity index (χ3v) is 7.65. The van der Waals surface area contributed by atoms with E-state index >= 15 is 0 Å². The molecule has 2 fully saturated rings. The Kier molecular flexibility index (Phi) is 5.96. The highest BCUT2D eigenvalue weighted by molar-refractivity contribution is 5.89. The van der Waals surface area contributed by atoms with E-state index in [4.69, 9.17) is 4.98 Å². The second-order valence-corrected chi connectivity index (χ2v) is 9.98. The van der Waals surface area contributed by atoms with Crippen LogP contribution in [0, 0.1) is 6.92 Å². The number of likely N-dealkylation sites (N-methyl/N-ethyl adjacent to an activating group) is 1. The van der Waals surface area contributed by atoms with E-state index in [2.05, 4.69) is 61.2 Å². The number of nitrogens with zero attached hydrogens (tertiary/aromatic N) is 6. The minimum atomic E-state index is 0.717. The molecule has 35 heavy (non-hydrogen) atoms. The predicted molar refractivity (Wildman–Crippen MR) is 142 cm³/mol. The van der Waals surface area contributed by atoms with Gasteiger partial charge in [0, 0.05) is 62.0 Å². The molecule has 0 unspecified atom stereocenters. The Morgan fingerprint density at radius 2 is 1.74 bits per heavy atom. The smallest absolute Gasteiger partial charge is 0.0912 e. The summed E-state index contributed by atoms with van der Waals surface area (Å²) in [6, 6.07) is 15.5. The number of hydrogen-bond donors (Lipinski definition) is 1. The molecule has 4 aromatic rings. The van der Waals surface area contributed by atoms with Gasteiger partial charge in [0.2, 0.25) is 0 Å². The van der Waals surface area contributed by atoms with Crippen LogP contribution < -0.4 is 4.90 Å². The summed E-state index contributed by atoms with van der Waals surface area (Å²) in [6.07, 6.45) is 6.38. The van der Waals surface area contributed by atoms with Crippen molar-refractivity contribution in [2.75, 3.05) is 51.2 Å². The van der Waals surface area contributed by atoms with Gasteiger partial charge in [-0.2, -0.15) is 5.10 Å². The lowest BCUT2D eigenvalue weighted by Crippen LogP contribution is -2.52. The van der Waals surface area contributed by atoms with Gasteiger partial charge in [0.1, 0.15) is 0 Å². The summed E-state index contributed by atoms with van der Waals surface area (Å²) in [5.41, 5.74) is 7.27. The molecule has 3 aromatic heterocycles. The van der Waals surface area contributed by atoms with E-state index in [-0.39, 0.29) is 0 Å². The lowest BCUT2D eigenvalue weighted by Gasteiger charge is -2.42. The fourth-order valence-corrected chi connectivity index (χ4v) is 5.52. The number of rotatable bonds is 4. The normalized spacial score (nSPS) is 18.4. The van der Waals surface area contributed by atoms with Crippen molar-refractivity contribution in [3.63, 3.8) is 0 Å². The quantitative estimate of drug-likeness (QED) is 0.485. The molecule has 1 N–H and O–H groups in total. The maximum atomic E-state index is 4.79. The molecule has 1 aromatic carbocycles. The van der Waals surface area contributed by atoms with Crippen LogP contribution in [0.25, 0.3) is 33.4 Å². The lowest BCUT2D eigenvalue weighted by atomic mass is 10.0. The molecule has 6 rings (SSSR count). The number of piperidine rings is 1. The van der Waals surface area contributed by atoms with Gasteiger partial charge in [-0.1, -0.05) is 12.1 Å². The number of piperazine rings is 1. The van der Waals surface area contributed by atoms with Crippen LogP contribution in [0.2, 0.25) is 0 Å². The van der Waals surface area contributed by atoms with Gasteiger partial charge in [0.25, 0.3) is 0 Å². The maximum Gasteiger partial charge on any atom is 0.0912 e. The molecule has 0 radical (unpaired) electrons. The summed E-state index contributed by atoms with van der Waals surface area (Å²) < 4.78 is 0. The number of nitrogens with one attached hydrogen (secondary N) is 1. The highest BCUT2D eigenvalue weighted by Gasteiger charge is 2.27. The van der Waals surface area contributed by atoms with E-state index in [9.17, 15) is 0 Å². The van der Waals surface area contributed by atoms with Crippen LogP contribution in [0.5, 0.6) is 0 Å². The van der Waals surface area contributed by atoms with Crippen molar-refractivity contribution < 1.29 is 0 Å². The zero-order valence-corrected chi connectivity index (χ0v) is 20.6. The van der Waals surface area contributed by atoms with Crippen LogP contribution in [0.3, 0.4) is 0 Å². The Bertz CT molecular complexity index is 1310. The number of pyridine rings is 2. The number of hydrogen-bond acceptors (Lipinski definition) is 6. The second kappa shape index (κ2) is 9.40. The molecule has 0 aliphatic carbocycles. The molecule has 0 atom stereocenters. The SMILES string of the molecule is Cc1cccc(-c2[nH]ncc2-c2ccc3ncc(N4CCC(N5CCN(C)CC5)CC4)cc3c2)n1. The first-order valence-electron chi connectivity index (χ1n) is 12.7. The summed E-state index contributed by atoms with van der Waals surface area (Å²) in [6.45, 7) is 8.98. The zero-order valence-electron chi connectivity index (χ0n) is 20.6. The molecule has 2 aliphatic heterocycles. The summed E-state index contributed by atoms with van der Waals surface area (Å²) >= 11 is 0. The van der Waals surface area contributed by atoms with Crippen LogP contribution >= 0.6 is 0 Å². The van der Waals surface area contributed by atoms with E-state index in [1.54, 1.807) is 0 Å². The van der Waals surface area contributed by atoms with Crippen LogP contribution in [-0.4, -0.2) is 82.3 Å². The van der Waals surface area contributed by atoms with Gasteiger partial charge in [-0.15, -0.1) is 0 Å². The molecule has 0 saturated carbocycles. The fraction of sp³-hybridized carbons (Fsp3) is 0.393. The minimum absolute atomic E-state index is 0.717. The number of aryl methyl sites for hydroxylation is 1. The predicted octanol–water partition coefficient (Wildman–Crippen LogP) is 4.21. The number of aromatic amines is 1. The molecule has 0 amide bonds. The van der Waals surface area contributed by atoms with Gasteiger partial charge in [0.05, 0.1) is 35.0 Å². The van der Waals surface area contributed by atoms with Gasteiger partial charge in [0.15, 0.2) is 0 Å². The van der Waals surface area contributed by atoms with E-state index < -0.39 is 0 Å². The Morgan fingerprint density at radius 1 is 0.914 bits per heavy atom. The molecule has 7 nitrogen and oxygen atoms in total. The number of fused-ring (bicyclic) bond motifs is 1. The highest BCUT2D eigenvalue weighted by atomic mass is 15.3. The lowest BCUT2D eigenvalue weighted by molar-refractivity contribution is 0.0982. The van der Waals surface area contributed by atoms with Gasteiger partial charge < -0.3 is 9.80 Å². The van der Waals surface area contributed by atoms with Crippen LogP contribution in [0.1, 0.15) is 18.5 Å². The van der Waals surface area contributed by atoms with Gasteiger partial charge in [-0.25, -0.2) is 0 Å². The monoisotopic (exact) mass is 467 g/mol. The first kappa shape index (κ1) is 22.2. The first-order chi connectivity index (χ1) is 17.1. The fourth-order valence-electron chi connectivity index (χ4n) is 5.52. The number of benzene rings is 1. The highest BCUT2D eigenvalue weighted by Crippen LogP contribution is 2.32. The Morgan fingerprint density at radius 3 is 2.54 bits per heavy atom. The maximum absolute atomic E-state index is 4.79. The van der Waals surface area contributed by atoms with Crippen molar-refractivity contribution in [3.8, 4) is 22.5 Å². The van der Waals surface area contributed by atoms with Crippen LogP contribution in [0.4, 0.5) is 5.69 Å². The zero-order chi connectivity index (χ0) is 23.8. The van der Waals surface area contributed by atoms with Crippen molar-refractivity contribution >= 4 is 16.6 Å². The van der Waals surface area contributed by atoms with E-state index in [0.29, 0.717) is 0 Å². The average Bonchev–Trinajstić information content (AvgIpc) is 3.39. The van der Waals surface area contributed by atoms with Crippen molar-refractivity contribution in [3.05, 3.63) is 60.6 Å². The molecule has 2 saturated heterocycles. The first-order valence-corrected chi connectivity index (χ1v) is 12.7. The van der Waals surface area contributed by atoms with Crippen molar-refractivity contribution in [2.45, 2.75) is 25.8 Å². The third kappa shape index (κ3) is 4.54. The topological polar surface area (TPSA) is 64.2 Å². The van der Waals surface area contributed by atoms with Crippen molar-refractivity contribution in [2.24, 2.45) is 0 Å². The summed E-state index contributed by atoms with van der Waals surface area (Å²) in [7, 11) is 2.23. The number of H-pyrrole nitrogens is 1. The van der Waals surface area contributed by atoms with E-state index in [0.717, 1.165) is 58.2 Å². The van der Waals surface area contributed by atoms with Crippen LogP contribution in [-0.2, 0) is 0 Å². The van der Waals surface area contributed by atoms with Crippen LogP contribution in [0.15, 0.2) is 54.9 Å². The molecular weight excluding hydrogens is 434 g/mol. The molecule has 5 heterocycles. The average molecular weight is 468 g/mol. The molecule has 0 bridgehead atoms. The summed E-state index contributed by atoms with van der Waals surface area (Å²) in [5.74, 6) is 0.